The summed E-state index contributed by atoms with van der Waals surface area (Å²) < 4.78 is 138. The van der Waals surface area contributed by atoms with E-state index in [-0.39, 0.29) is 29.2 Å². The van der Waals surface area contributed by atoms with E-state index >= 15 is 0 Å². The Kier molecular flexibility index (Phi) is 15.9. The number of thioether (sulfide) groups is 1. The van der Waals surface area contributed by atoms with Gasteiger partial charge in [-0.1, -0.05) is 31.0 Å². The number of hydrogen-bond acceptors (Lipinski definition) is 14. The van der Waals surface area contributed by atoms with Gasteiger partial charge in [0.05, 0.1) is 39.6 Å². The van der Waals surface area contributed by atoms with E-state index in [0.29, 0.717) is 54.9 Å². The minimum absolute atomic E-state index is 0.0438. The molecule has 0 fully saturated rings. The van der Waals surface area contributed by atoms with E-state index in [2.05, 4.69) is 13.9 Å². The van der Waals surface area contributed by atoms with Crippen LogP contribution < -0.4 is 4.90 Å². The second kappa shape index (κ2) is 19.7. The Bertz CT molecular complexity index is 2670. The molecule has 0 atom stereocenters. The van der Waals surface area contributed by atoms with Crippen molar-refractivity contribution >= 4 is 81.4 Å². The largest absolute Gasteiger partial charge is 0.344 e. The van der Waals surface area contributed by atoms with Crippen LogP contribution in [-0.2, 0) is 60.7 Å². The molecule has 3 aliphatic rings. The molecule has 17 nitrogen and oxygen atoms in total. The van der Waals surface area contributed by atoms with Gasteiger partial charge in [0.25, 0.3) is 40.5 Å². The normalized spacial score (nSPS) is 19.1. The van der Waals surface area contributed by atoms with Crippen molar-refractivity contribution in [2.24, 2.45) is 0 Å². The molecule has 0 amide bonds. The standard InChI is InChI=1S/C39H50N2O15S6/c1-38(2)31-25-29(58-56-55-42)13-15-33(31)40(19-5-7-22-59(43,44)45)35(38)17-11-27-9-10-28(37(27)57-21-24-61(49,50)51)12-18-36-39(3,4)32-26-30(62(52,53)54)14-16-34(32)41(36)20-6-8-23-60(46,47)48/h11-18,25-26H,5-10,19-24H2,1-4H3,(H4-,42,43,44,45,46,47,48,49,50,51,52,53,54)/p+1. The number of allylic oxidation sites excluding steroid dienone is 7. The number of unbranched alkanes of at least 4 members (excludes halogenated alkanes) is 2. The zero-order chi connectivity index (χ0) is 45.9. The minimum Gasteiger partial charge on any atom is -0.344 e. The second-order valence-electron chi connectivity index (χ2n) is 16.0. The quantitative estimate of drug-likeness (QED) is 0.0212. The first-order valence-electron chi connectivity index (χ1n) is 19.4. The van der Waals surface area contributed by atoms with Crippen molar-refractivity contribution in [2.75, 3.05) is 41.0 Å². The maximum Gasteiger partial charge on any atom is 0.294 e. The average molecular weight is 980 g/mol. The van der Waals surface area contributed by atoms with Crippen molar-refractivity contribution in [3.05, 3.63) is 93.6 Å². The van der Waals surface area contributed by atoms with Gasteiger partial charge in [-0.05, 0) is 99.1 Å². The van der Waals surface area contributed by atoms with Gasteiger partial charge in [-0.25, -0.2) is 5.26 Å². The molecule has 0 aromatic heterocycles. The van der Waals surface area contributed by atoms with Crippen LogP contribution >= 0.6 is 23.8 Å². The summed E-state index contributed by atoms with van der Waals surface area (Å²) in [4.78, 5) is 3.10. The van der Waals surface area contributed by atoms with Gasteiger partial charge >= 0.3 is 0 Å². The lowest BCUT2D eigenvalue weighted by atomic mass is 9.81. The zero-order valence-corrected chi connectivity index (χ0v) is 39.3. The van der Waals surface area contributed by atoms with E-state index in [0.717, 1.165) is 50.8 Å². The predicted molar refractivity (Wildman–Crippen MR) is 238 cm³/mol. The molecule has 0 radical (unpaired) electrons. The lowest BCUT2D eigenvalue weighted by Gasteiger charge is -2.27. The van der Waals surface area contributed by atoms with E-state index in [1.165, 1.54) is 23.9 Å². The van der Waals surface area contributed by atoms with Crippen LogP contribution in [0.25, 0.3) is 0 Å². The molecule has 342 valence electrons. The third kappa shape index (κ3) is 12.7. The van der Waals surface area contributed by atoms with Gasteiger partial charge in [0.15, 0.2) is 5.71 Å². The molecule has 5 rings (SSSR count). The van der Waals surface area contributed by atoms with E-state index in [1.54, 1.807) is 12.1 Å². The topological polar surface area (TPSA) is 262 Å². The fourth-order valence-corrected chi connectivity index (χ4v) is 12.1. The molecule has 0 saturated carbocycles. The van der Waals surface area contributed by atoms with Crippen molar-refractivity contribution in [1.29, 1.82) is 0 Å². The Morgan fingerprint density at radius 1 is 0.758 bits per heavy atom. The van der Waals surface area contributed by atoms with Gasteiger partial charge in [-0.15, -0.1) is 16.1 Å². The highest BCUT2D eigenvalue weighted by atomic mass is 32.2. The van der Waals surface area contributed by atoms with Crippen LogP contribution in [0.5, 0.6) is 0 Å². The Labute approximate surface area is 371 Å². The summed E-state index contributed by atoms with van der Waals surface area (Å²) >= 11 is 2.08. The van der Waals surface area contributed by atoms with Crippen LogP contribution in [0.15, 0.2) is 92.2 Å². The van der Waals surface area contributed by atoms with E-state index in [4.69, 9.17) is 5.26 Å². The van der Waals surface area contributed by atoms with Crippen molar-refractivity contribution in [3.8, 4) is 0 Å². The summed E-state index contributed by atoms with van der Waals surface area (Å²) in [7, 11) is -17.2. The number of fused-ring (bicyclic) bond motifs is 2. The maximum atomic E-state index is 12.1. The summed E-state index contributed by atoms with van der Waals surface area (Å²) in [6.07, 6.45) is 10.0. The van der Waals surface area contributed by atoms with E-state index < -0.39 is 62.8 Å². The molecular weight excluding hydrogens is 929 g/mol. The highest BCUT2D eigenvalue weighted by Gasteiger charge is 2.45. The molecule has 62 heavy (non-hydrogen) atoms. The minimum atomic E-state index is -4.54. The highest BCUT2D eigenvalue weighted by Crippen LogP contribution is 2.49. The molecular formula is C39H51N2O15S6+. The monoisotopic (exact) mass is 979 g/mol. The van der Waals surface area contributed by atoms with Gasteiger partial charge in [-0.3, -0.25) is 18.2 Å². The SMILES string of the molecule is CC1(C)C(C=CC2=C(SCCS(=O)(=O)O)C(=C/C=C3/N(CCCCS(=O)(=O)O)c4ccc(S(=O)(=O)O)cc4C3(C)C)CC2)=[N+](CCCCS(=O)(=O)O)c2ccc(SOOO)cc21. The first-order valence-corrected chi connectivity index (χ1v) is 27.4. The van der Waals surface area contributed by atoms with Crippen molar-refractivity contribution in [1.82, 2.24) is 0 Å². The fraction of sp³-hybridized carbons (Fsp3) is 0.462. The third-order valence-electron chi connectivity index (χ3n) is 11.0. The summed E-state index contributed by atoms with van der Waals surface area (Å²) in [5.41, 5.74) is 5.00. The van der Waals surface area contributed by atoms with Crippen LogP contribution in [0, 0.1) is 0 Å². The molecule has 2 aromatic carbocycles. The summed E-state index contributed by atoms with van der Waals surface area (Å²) in [6, 6.07) is 9.85. The summed E-state index contributed by atoms with van der Waals surface area (Å²) in [6.45, 7) is 8.57. The van der Waals surface area contributed by atoms with Crippen molar-refractivity contribution < 1.29 is 71.1 Å². The average Bonchev–Trinajstić information content (AvgIpc) is 3.71. The van der Waals surface area contributed by atoms with Gasteiger partial charge in [0.1, 0.15) is 6.54 Å². The van der Waals surface area contributed by atoms with Gasteiger partial charge in [0.2, 0.25) is 5.69 Å². The molecule has 0 unspecified atom stereocenters. The van der Waals surface area contributed by atoms with Crippen LogP contribution in [0.3, 0.4) is 0 Å². The molecule has 5 N–H and O–H groups in total. The number of rotatable bonds is 21. The Morgan fingerprint density at radius 3 is 2.05 bits per heavy atom. The smallest absolute Gasteiger partial charge is 0.294 e. The Morgan fingerprint density at radius 2 is 1.42 bits per heavy atom. The maximum absolute atomic E-state index is 12.1. The number of benzene rings is 2. The van der Waals surface area contributed by atoms with Crippen LogP contribution in [0.2, 0.25) is 0 Å². The van der Waals surface area contributed by atoms with Gasteiger partial charge in [-0.2, -0.15) is 38.2 Å². The van der Waals surface area contributed by atoms with Gasteiger partial charge in [0, 0.05) is 63.0 Å². The third-order valence-corrected chi connectivity index (χ3v) is 16.2. The van der Waals surface area contributed by atoms with E-state index in [1.807, 2.05) is 69.0 Å². The lowest BCUT2D eigenvalue weighted by Crippen LogP contribution is -2.28. The number of hydrogen-bond donors (Lipinski definition) is 5. The number of anilines is 1. The zero-order valence-electron chi connectivity index (χ0n) is 34.4. The highest BCUT2D eigenvalue weighted by molar-refractivity contribution is 8.04. The molecule has 2 aromatic rings. The summed E-state index contributed by atoms with van der Waals surface area (Å²) in [5.74, 6) is -1.28. The molecule has 2 aliphatic heterocycles. The molecule has 0 saturated heterocycles. The first kappa shape index (κ1) is 50.1. The predicted octanol–water partition coefficient (Wildman–Crippen LogP) is 6.91. The van der Waals surface area contributed by atoms with E-state index in [9.17, 15) is 51.9 Å². The molecule has 1 aliphatic carbocycles. The first-order chi connectivity index (χ1) is 28.7. The van der Waals surface area contributed by atoms with Crippen molar-refractivity contribution in [2.45, 2.75) is 86.8 Å². The van der Waals surface area contributed by atoms with Crippen LogP contribution in [0.4, 0.5) is 11.4 Å². The van der Waals surface area contributed by atoms with Crippen LogP contribution in [0.1, 0.15) is 77.3 Å². The molecule has 0 spiro atoms. The number of nitrogens with zero attached hydrogens (tertiary/aromatic N) is 2. The van der Waals surface area contributed by atoms with Crippen LogP contribution in [-0.4, -0.2) is 104 Å². The molecule has 0 bridgehead atoms. The lowest BCUT2D eigenvalue weighted by molar-refractivity contribution is -0.438. The Hall–Kier alpha value is -2.91. The fourth-order valence-electron chi connectivity index (χ4n) is 7.98. The molecule has 2 heterocycles. The second-order valence-corrected chi connectivity index (χ2v) is 24.1. The summed E-state index contributed by atoms with van der Waals surface area (Å²) in [5, 5.41) is 12.5. The Balaban J connectivity index is 1.57. The van der Waals surface area contributed by atoms with Gasteiger partial charge < -0.3 is 4.90 Å². The van der Waals surface area contributed by atoms with Crippen molar-refractivity contribution in [3.63, 3.8) is 0 Å². The molecule has 23 heteroatoms.